The predicted molar refractivity (Wildman–Crippen MR) is 64.7 cm³/mol. The van der Waals surface area contributed by atoms with Crippen molar-refractivity contribution in [2.75, 3.05) is 31.1 Å². The number of para-hydroxylation sites is 1. The van der Waals surface area contributed by atoms with E-state index in [0.717, 1.165) is 19.7 Å². The first kappa shape index (κ1) is 12.3. The van der Waals surface area contributed by atoms with Crippen LogP contribution >= 0.6 is 12.4 Å². The summed E-state index contributed by atoms with van der Waals surface area (Å²) in [6.45, 7) is 3.24. The molecule has 0 spiro atoms. The van der Waals surface area contributed by atoms with Gasteiger partial charge in [0.2, 0.25) is 0 Å². The summed E-state index contributed by atoms with van der Waals surface area (Å²) in [6, 6.07) is 10.4. The number of morpholine rings is 1. The first-order valence-corrected chi connectivity index (χ1v) is 5.02. The van der Waals surface area contributed by atoms with E-state index in [1.807, 2.05) is 6.07 Å². The molecule has 1 saturated heterocycles. The van der Waals surface area contributed by atoms with E-state index in [4.69, 9.17) is 10.5 Å². The van der Waals surface area contributed by atoms with Crippen molar-refractivity contribution >= 4 is 18.1 Å². The Hall–Kier alpha value is -0.770. The average molecular weight is 229 g/mol. The molecule has 84 valence electrons. The maximum atomic E-state index is 5.59. The number of hydrogen-bond donors (Lipinski definition) is 1. The molecule has 1 atom stereocenters. The molecule has 4 heteroatoms. The van der Waals surface area contributed by atoms with Crippen LogP contribution in [0.15, 0.2) is 30.3 Å². The van der Waals surface area contributed by atoms with Gasteiger partial charge in [-0.05, 0) is 12.1 Å². The largest absolute Gasteiger partial charge is 0.373 e. The zero-order valence-corrected chi connectivity index (χ0v) is 9.45. The standard InChI is InChI=1S/C11H16N2O.ClH/c12-8-11-9-13(6-7-14-11)10-4-2-1-3-5-10;/h1-5,11H,6-9,12H2;1H/t11-;/m0./s1. The highest BCUT2D eigenvalue weighted by atomic mass is 35.5. The summed E-state index contributed by atoms with van der Waals surface area (Å²) in [7, 11) is 0. The van der Waals surface area contributed by atoms with Crippen molar-refractivity contribution in [3.8, 4) is 0 Å². The van der Waals surface area contributed by atoms with E-state index in [1.165, 1.54) is 5.69 Å². The Bertz CT molecular complexity index is 281. The first-order chi connectivity index (χ1) is 6.90. The van der Waals surface area contributed by atoms with E-state index in [1.54, 1.807) is 0 Å². The molecule has 0 unspecified atom stereocenters. The fraction of sp³-hybridized carbons (Fsp3) is 0.455. The van der Waals surface area contributed by atoms with E-state index < -0.39 is 0 Å². The second-order valence-electron chi connectivity index (χ2n) is 3.51. The lowest BCUT2D eigenvalue weighted by atomic mass is 10.2. The number of ether oxygens (including phenoxy) is 1. The molecule has 1 aromatic rings. The van der Waals surface area contributed by atoms with Crippen molar-refractivity contribution < 1.29 is 4.74 Å². The minimum Gasteiger partial charge on any atom is -0.373 e. The Morgan fingerprint density at radius 2 is 2.07 bits per heavy atom. The van der Waals surface area contributed by atoms with Gasteiger partial charge < -0.3 is 15.4 Å². The van der Waals surface area contributed by atoms with Gasteiger partial charge >= 0.3 is 0 Å². The minimum atomic E-state index is 0. The van der Waals surface area contributed by atoms with Crippen LogP contribution in [0.4, 0.5) is 5.69 Å². The molecule has 1 aliphatic heterocycles. The summed E-state index contributed by atoms with van der Waals surface area (Å²) in [5.74, 6) is 0. The summed E-state index contributed by atoms with van der Waals surface area (Å²) in [4.78, 5) is 2.32. The van der Waals surface area contributed by atoms with Gasteiger partial charge in [-0.15, -0.1) is 12.4 Å². The second kappa shape index (κ2) is 5.95. The molecule has 3 nitrogen and oxygen atoms in total. The molecule has 1 aromatic carbocycles. The smallest absolute Gasteiger partial charge is 0.0872 e. The Balaban J connectivity index is 0.00000112. The van der Waals surface area contributed by atoms with Crippen molar-refractivity contribution in [1.82, 2.24) is 0 Å². The van der Waals surface area contributed by atoms with Crippen LogP contribution in [0.3, 0.4) is 0 Å². The number of nitrogens with two attached hydrogens (primary N) is 1. The molecule has 0 radical (unpaired) electrons. The van der Waals surface area contributed by atoms with Gasteiger partial charge in [0.25, 0.3) is 0 Å². The molecule has 2 rings (SSSR count). The highest BCUT2D eigenvalue weighted by molar-refractivity contribution is 5.85. The highest BCUT2D eigenvalue weighted by Crippen LogP contribution is 2.16. The van der Waals surface area contributed by atoms with Gasteiger partial charge in [0.1, 0.15) is 0 Å². The number of hydrogen-bond acceptors (Lipinski definition) is 3. The molecule has 1 heterocycles. The number of nitrogens with zero attached hydrogens (tertiary/aromatic N) is 1. The van der Waals surface area contributed by atoms with Crippen LogP contribution < -0.4 is 10.6 Å². The summed E-state index contributed by atoms with van der Waals surface area (Å²) >= 11 is 0. The van der Waals surface area contributed by atoms with Crippen LogP contribution in [0.25, 0.3) is 0 Å². The third-order valence-electron chi connectivity index (χ3n) is 2.52. The maximum absolute atomic E-state index is 5.59. The van der Waals surface area contributed by atoms with Crippen LogP contribution in [0.2, 0.25) is 0 Å². The molecule has 0 amide bonds. The Labute approximate surface area is 96.6 Å². The molecular weight excluding hydrogens is 212 g/mol. The van der Waals surface area contributed by atoms with Crippen molar-refractivity contribution in [1.29, 1.82) is 0 Å². The molecule has 0 aromatic heterocycles. The number of halogens is 1. The van der Waals surface area contributed by atoms with E-state index >= 15 is 0 Å². The zero-order valence-electron chi connectivity index (χ0n) is 8.63. The number of rotatable bonds is 2. The Kier molecular flexibility index (Phi) is 4.88. The van der Waals surface area contributed by atoms with Crippen LogP contribution in [-0.2, 0) is 4.74 Å². The van der Waals surface area contributed by atoms with Crippen molar-refractivity contribution in [2.24, 2.45) is 5.73 Å². The molecule has 0 saturated carbocycles. The quantitative estimate of drug-likeness (QED) is 0.829. The van der Waals surface area contributed by atoms with Gasteiger partial charge in [-0.2, -0.15) is 0 Å². The number of anilines is 1. The molecule has 0 aliphatic carbocycles. The summed E-state index contributed by atoms with van der Waals surface area (Å²) < 4.78 is 5.51. The van der Waals surface area contributed by atoms with E-state index in [9.17, 15) is 0 Å². The normalized spacial score (nSPS) is 20.9. The van der Waals surface area contributed by atoms with Gasteiger partial charge in [-0.3, -0.25) is 0 Å². The minimum absolute atomic E-state index is 0. The van der Waals surface area contributed by atoms with Crippen LogP contribution in [-0.4, -0.2) is 32.3 Å². The predicted octanol–water partition coefficient (Wildman–Crippen LogP) is 1.27. The third-order valence-corrected chi connectivity index (χ3v) is 2.52. The summed E-state index contributed by atoms with van der Waals surface area (Å²) in [5, 5.41) is 0. The van der Waals surface area contributed by atoms with Crippen LogP contribution in [0.1, 0.15) is 0 Å². The monoisotopic (exact) mass is 228 g/mol. The molecule has 0 bridgehead atoms. The third kappa shape index (κ3) is 3.09. The fourth-order valence-electron chi connectivity index (χ4n) is 1.74. The van der Waals surface area contributed by atoms with E-state index in [2.05, 4.69) is 29.2 Å². The van der Waals surface area contributed by atoms with Crippen LogP contribution in [0.5, 0.6) is 0 Å². The molecule has 1 aliphatic rings. The second-order valence-corrected chi connectivity index (χ2v) is 3.51. The van der Waals surface area contributed by atoms with E-state index in [0.29, 0.717) is 6.54 Å². The summed E-state index contributed by atoms with van der Waals surface area (Å²) in [6.07, 6.45) is 0.184. The van der Waals surface area contributed by atoms with Gasteiger partial charge in [0.15, 0.2) is 0 Å². The topological polar surface area (TPSA) is 38.5 Å². The van der Waals surface area contributed by atoms with Gasteiger partial charge in [-0.25, -0.2) is 0 Å². The Morgan fingerprint density at radius 3 is 2.73 bits per heavy atom. The lowest BCUT2D eigenvalue weighted by molar-refractivity contribution is 0.0466. The van der Waals surface area contributed by atoms with Gasteiger partial charge in [-0.1, -0.05) is 18.2 Å². The summed E-state index contributed by atoms with van der Waals surface area (Å²) in [5.41, 5.74) is 6.85. The lowest BCUT2D eigenvalue weighted by Gasteiger charge is -2.33. The fourth-order valence-corrected chi connectivity index (χ4v) is 1.74. The highest BCUT2D eigenvalue weighted by Gasteiger charge is 2.18. The van der Waals surface area contributed by atoms with E-state index in [-0.39, 0.29) is 18.5 Å². The zero-order chi connectivity index (χ0) is 9.80. The Morgan fingerprint density at radius 1 is 1.33 bits per heavy atom. The first-order valence-electron chi connectivity index (χ1n) is 5.02. The maximum Gasteiger partial charge on any atom is 0.0872 e. The molecular formula is C11H17ClN2O. The van der Waals surface area contributed by atoms with Crippen molar-refractivity contribution in [3.63, 3.8) is 0 Å². The molecule has 15 heavy (non-hydrogen) atoms. The lowest BCUT2D eigenvalue weighted by Crippen LogP contribution is -2.45. The van der Waals surface area contributed by atoms with Crippen molar-refractivity contribution in [3.05, 3.63) is 30.3 Å². The van der Waals surface area contributed by atoms with Gasteiger partial charge in [0, 0.05) is 25.3 Å². The SMILES string of the molecule is Cl.NC[C@H]1CN(c2ccccc2)CCO1. The van der Waals surface area contributed by atoms with Gasteiger partial charge in [0.05, 0.1) is 12.7 Å². The molecule has 1 fully saturated rings. The number of benzene rings is 1. The van der Waals surface area contributed by atoms with Crippen molar-refractivity contribution in [2.45, 2.75) is 6.10 Å². The average Bonchev–Trinajstić information content (AvgIpc) is 2.30. The van der Waals surface area contributed by atoms with Crippen LogP contribution in [0, 0.1) is 0 Å². The molecule has 2 N–H and O–H groups in total.